The molecule has 3 amide bonds. The van der Waals surface area contributed by atoms with Crippen molar-refractivity contribution in [3.63, 3.8) is 0 Å². The van der Waals surface area contributed by atoms with E-state index < -0.39 is 41.9 Å². The number of nitrogens with one attached hydrogen (secondary N) is 2. The maximum absolute atomic E-state index is 14.1. The zero-order valence-corrected chi connectivity index (χ0v) is 28.1. The molecule has 45 heavy (non-hydrogen) atoms. The third-order valence-corrected chi connectivity index (χ3v) is 13.3. The minimum Gasteiger partial charge on any atom is -0.481 e. The van der Waals surface area contributed by atoms with Crippen LogP contribution in [0.25, 0.3) is 0 Å². The van der Waals surface area contributed by atoms with Crippen LogP contribution in [0.1, 0.15) is 89.9 Å². The summed E-state index contributed by atoms with van der Waals surface area (Å²) < 4.78 is 0. The van der Waals surface area contributed by atoms with Crippen LogP contribution in [0.3, 0.4) is 0 Å². The number of aliphatic hydroxyl groups excluding tert-OH is 1. The van der Waals surface area contributed by atoms with Crippen LogP contribution < -0.4 is 10.6 Å². The topological polar surface area (TPSA) is 139 Å². The first-order chi connectivity index (χ1) is 21.6. The summed E-state index contributed by atoms with van der Waals surface area (Å²) in [5.41, 5.74) is 1.16. The Kier molecular flexibility index (Phi) is 10.1. The van der Waals surface area contributed by atoms with Crippen molar-refractivity contribution in [2.24, 2.45) is 35.5 Å². The molecular formula is C34H51BrN4O6. The van der Waals surface area contributed by atoms with E-state index in [1.165, 1.54) is 17.7 Å². The highest BCUT2D eigenvalue weighted by Gasteiger charge is 2.53. The number of carbonyl (C=O) groups is 4. The fourth-order valence-electron chi connectivity index (χ4n) is 9.74. The van der Waals surface area contributed by atoms with Crippen LogP contribution >= 0.6 is 15.9 Å². The predicted molar refractivity (Wildman–Crippen MR) is 172 cm³/mol. The van der Waals surface area contributed by atoms with Gasteiger partial charge in [0.1, 0.15) is 12.1 Å². The molecule has 0 radical (unpaired) electrons. The highest BCUT2D eigenvalue weighted by Crippen LogP contribution is 2.50. The fourth-order valence-corrected chi connectivity index (χ4v) is 10.5. The molecular weight excluding hydrogens is 640 g/mol. The van der Waals surface area contributed by atoms with E-state index in [0.717, 1.165) is 69.8 Å². The monoisotopic (exact) mass is 690 g/mol. The zero-order valence-electron chi connectivity index (χ0n) is 26.5. The number of carboxylic acids is 1. The molecule has 0 spiro atoms. The van der Waals surface area contributed by atoms with Crippen molar-refractivity contribution in [1.29, 1.82) is 0 Å². The number of fused-ring (bicyclic) bond motifs is 4. The van der Waals surface area contributed by atoms with E-state index in [-0.39, 0.29) is 36.6 Å². The molecule has 7 rings (SSSR count). The van der Waals surface area contributed by atoms with E-state index in [4.69, 9.17) is 0 Å². The molecule has 10 nitrogen and oxygen atoms in total. The van der Waals surface area contributed by atoms with Gasteiger partial charge in [-0.2, -0.15) is 0 Å². The highest BCUT2D eigenvalue weighted by atomic mass is 79.9. The number of rotatable bonds is 9. The molecule has 6 fully saturated rings. The minimum atomic E-state index is -0.944. The van der Waals surface area contributed by atoms with Gasteiger partial charge >= 0.3 is 5.97 Å². The molecule has 9 atom stereocenters. The van der Waals surface area contributed by atoms with Gasteiger partial charge in [-0.05, 0) is 87.3 Å². The van der Waals surface area contributed by atoms with Gasteiger partial charge in [-0.3, -0.25) is 19.2 Å². The number of likely N-dealkylation sites (tertiary alicyclic amines) is 1. The Balaban J connectivity index is 1.19. The molecule has 0 aromatic heterocycles. The second-order valence-corrected chi connectivity index (χ2v) is 16.1. The number of carboxylic acid groups (broad SMARTS) is 1. The van der Waals surface area contributed by atoms with Crippen LogP contribution in [-0.2, 0) is 19.2 Å². The highest BCUT2D eigenvalue weighted by molar-refractivity contribution is 9.09. The Hall–Kier alpha value is -2.14. The summed E-state index contributed by atoms with van der Waals surface area (Å²) >= 11 is 3.82. The number of aliphatic hydroxyl groups is 1. The Bertz CT molecular complexity index is 1170. The van der Waals surface area contributed by atoms with Gasteiger partial charge < -0.3 is 30.6 Å². The number of nitrogens with zero attached hydrogens (tertiary/aromatic N) is 2. The molecule has 2 bridgehead atoms. The lowest BCUT2D eigenvalue weighted by atomic mass is 9.58. The maximum Gasteiger partial charge on any atom is 0.307 e. The molecule has 1 saturated heterocycles. The minimum absolute atomic E-state index is 0.00278. The van der Waals surface area contributed by atoms with Crippen molar-refractivity contribution >= 4 is 39.6 Å². The number of carbonyl (C=O) groups excluding carboxylic acids is 3. The van der Waals surface area contributed by atoms with Gasteiger partial charge in [0.15, 0.2) is 0 Å². The molecule has 4 N–H and O–H groups in total. The molecule has 5 aliphatic carbocycles. The molecule has 5 saturated carbocycles. The lowest BCUT2D eigenvalue weighted by molar-refractivity contribution is -0.163. The molecule has 0 aromatic rings. The zero-order chi connectivity index (χ0) is 31.8. The molecule has 6 unspecified atom stereocenters. The molecule has 2 heterocycles. The number of aliphatic carboxylic acids is 1. The molecule has 11 heteroatoms. The normalized spacial score (nSPS) is 38.1. The standard InChI is InChI=1S/C34H51BrN4O6/c1-38(17-21-6-2-4-8-25(21)35)32(42)27(14-22-16-36-26-9-5-3-7-24(22)26)37-31(41)28-15-23(40)18-39(28)33(43)29-19-10-12-20(13-11-19)30(29)34(44)45/h16,19-21,23-30,36,40H,2-15,17-18H2,1H3,(H,37,41)(H,44,45)/t19?,20?,21?,23-,24?,25?,26?,27?,28?,29-,30+/m1/s1. The fraction of sp³-hybridized carbons (Fsp3) is 0.824. The number of amides is 3. The third-order valence-electron chi connectivity index (χ3n) is 12.1. The Morgan fingerprint density at radius 1 is 1.00 bits per heavy atom. The number of β-amino-alcohol motifs (C(OH)–C–C–N with tert-alkyl or cyclic N) is 1. The van der Waals surface area contributed by atoms with E-state index in [0.29, 0.717) is 35.7 Å². The number of hydrogen-bond acceptors (Lipinski definition) is 6. The van der Waals surface area contributed by atoms with Crippen LogP contribution in [0.4, 0.5) is 0 Å². The summed E-state index contributed by atoms with van der Waals surface area (Å²) in [6.07, 6.45) is 13.9. The van der Waals surface area contributed by atoms with Crippen molar-refractivity contribution in [2.45, 2.75) is 119 Å². The molecule has 2 aliphatic heterocycles. The maximum atomic E-state index is 14.1. The van der Waals surface area contributed by atoms with Crippen molar-refractivity contribution in [3.05, 3.63) is 11.8 Å². The van der Waals surface area contributed by atoms with E-state index in [9.17, 15) is 29.4 Å². The average Bonchev–Trinajstić information content (AvgIpc) is 3.64. The first kappa shape index (κ1) is 32.8. The molecule has 0 aromatic carbocycles. The van der Waals surface area contributed by atoms with Gasteiger partial charge in [0.25, 0.3) is 0 Å². The van der Waals surface area contributed by atoms with Gasteiger partial charge in [0.2, 0.25) is 17.7 Å². The van der Waals surface area contributed by atoms with Gasteiger partial charge in [0.05, 0.1) is 17.9 Å². The van der Waals surface area contributed by atoms with E-state index in [2.05, 4.69) is 26.6 Å². The summed E-state index contributed by atoms with van der Waals surface area (Å²) in [5, 5.41) is 27.3. The second kappa shape index (κ2) is 13.9. The predicted octanol–water partition coefficient (Wildman–Crippen LogP) is 3.42. The van der Waals surface area contributed by atoms with E-state index in [1.54, 1.807) is 4.90 Å². The van der Waals surface area contributed by atoms with Gasteiger partial charge in [-0.15, -0.1) is 0 Å². The number of alkyl halides is 1. The lowest BCUT2D eigenvalue weighted by Gasteiger charge is -2.47. The van der Waals surface area contributed by atoms with Crippen LogP contribution in [0.15, 0.2) is 11.8 Å². The van der Waals surface area contributed by atoms with Crippen molar-refractivity contribution in [2.75, 3.05) is 20.1 Å². The Labute approximate surface area is 275 Å². The van der Waals surface area contributed by atoms with Crippen LogP contribution in [0.5, 0.6) is 0 Å². The third kappa shape index (κ3) is 6.81. The average molecular weight is 692 g/mol. The summed E-state index contributed by atoms with van der Waals surface area (Å²) in [6.45, 7) is 0.612. The Morgan fingerprint density at radius 3 is 2.38 bits per heavy atom. The van der Waals surface area contributed by atoms with Gasteiger partial charge in [-0.25, -0.2) is 0 Å². The SMILES string of the molecule is CN(CC1CCCCC1Br)C(=O)C(CC1=CNC2CCCCC12)NC(=O)C1C[C@@H](O)CN1C(=O)[C@@H]1C2CCC(CC2)[C@@H]1C(=O)O. The molecule has 7 aliphatic rings. The summed E-state index contributed by atoms with van der Waals surface area (Å²) in [4.78, 5) is 58.1. The first-order valence-electron chi connectivity index (χ1n) is 17.5. The van der Waals surface area contributed by atoms with Crippen molar-refractivity contribution in [1.82, 2.24) is 20.4 Å². The number of halogens is 1. The largest absolute Gasteiger partial charge is 0.481 e. The van der Waals surface area contributed by atoms with Crippen LogP contribution in [0, 0.1) is 35.5 Å². The lowest BCUT2D eigenvalue weighted by Crippen LogP contribution is -2.57. The number of hydrogen-bond donors (Lipinski definition) is 4. The van der Waals surface area contributed by atoms with E-state index >= 15 is 0 Å². The Morgan fingerprint density at radius 2 is 1.67 bits per heavy atom. The smallest absolute Gasteiger partial charge is 0.307 e. The van der Waals surface area contributed by atoms with Gasteiger partial charge in [0, 0.05) is 43.3 Å². The first-order valence-corrected chi connectivity index (χ1v) is 18.4. The number of likely N-dealkylation sites (N-methyl/N-ethyl adjacent to an activating group) is 1. The summed E-state index contributed by atoms with van der Waals surface area (Å²) in [7, 11) is 1.82. The van der Waals surface area contributed by atoms with Crippen LogP contribution in [-0.4, -0.2) is 92.9 Å². The van der Waals surface area contributed by atoms with Crippen LogP contribution in [0.2, 0.25) is 0 Å². The molecule has 250 valence electrons. The van der Waals surface area contributed by atoms with E-state index in [1.807, 2.05) is 13.2 Å². The summed E-state index contributed by atoms with van der Waals surface area (Å²) in [6, 6.07) is -1.35. The summed E-state index contributed by atoms with van der Waals surface area (Å²) in [5.74, 6) is -2.63. The van der Waals surface area contributed by atoms with Gasteiger partial charge in [-0.1, -0.05) is 41.6 Å². The quantitative estimate of drug-likeness (QED) is 0.272. The van der Waals surface area contributed by atoms with Crippen molar-refractivity contribution < 1.29 is 29.4 Å². The van der Waals surface area contributed by atoms with Crippen molar-refractivity contribution in [3.8, 4) is 0 Å². The second-order valence-electron chi connectivity index (χ2n) is 14.9.